The van der Waals surface area contributed by atoms with Gasteiger partial charge in [-0.1, -0.05) is 48.9 Å². The maximum atomic E-state index is 12.3. The molecule has 0 spiro atoms. The van der Waals surface area contributed by atoms with Gasteiger partial charge < -0.3 is 4.90 Å². The summed E-state index contributed by atoms with van der Waals surface area (Å²) in [5.74, 6) is 1.96. The van der Waals surface area contributed by atoms with Crippen LogP contribution in [0.1, 0.15) is 48.6 Å². The molecule has 3 rings (SSSR count). The minimum absolute atomic E-state index is 0.0930. The highest BCUT2D eigenvalue weighted by molar-refractivity contribution is 7.99. The van der Waals surface area contributed by atoms with Crippen molar-refractivity contribution in [1.29, 1.82) is 0 Å². The standard InChI is InChI=1S/C18H24N4OS/c1-13-7-3-4-10-15(13)11-22(2)16(23)12-24-18-19-17(20-21-18)14-8-5-6-9-14/h3-4,7,10,14H,5-6,8-9,11-12H2,1-2H3,(H,19,20,21). The third kappa shape index (κ3) is 4.17. The molecule has 2 aromatic rings. The molecule has 1 heterocycles. The summed E-state index contributed by atoms with van der Waals surface area (Å²) in [6.07, 6.45) is 4.93. The lowest BCUT2D eigenvalue weighted by Crippen LogP contribution is -2.28. The number of H-pyrrole nitrogens is 1. The first-order valence-corrected chi connectivity index (χ1v) is 9.45. The number of carbonyl (C=O) groups excluding carboxylic acids is 1. The van der Waals surface area contributed by atoms with Crippen molar-refractivity contribution in [3.05, 3.63) is 41.2 Å². The van der Waals surface area contributed by atoms with Crippen LogP contribution in [-0.4, -0.2) is 38.8 Å². The molecule has 24 heavy (non-hydrogen) atoms. The van der Waals surface area contributed by atoms with E-state index in [1.165, 1.54) is 48.6 Å². The fourth-order valence-electron chi connectivity index (χ4n) is 3.07. The van der Waals surface area contributed by atoms with E-state index in [2.05, 4.69) is 34.2 Å². The molecule has 0 aliphatic heterocycles. The Hall–Kier alpha value is -1.82. The summed E-state index contributed by atoms with van der Waals surface area (Å²) in [7, 11) is 1.84. The first-order chi connectivity index (χ1) is 11.6. The van der Waals surface area contributed by atoms with Gasteiger partial charge in [0.1, 0.15) is 5.82 Å². The van der Waals surface area contributed by atoms with Crippen molar-refractivity contribution in [2.24, 2.45) is 0 Å². The second-order valence-electron chi connectivity index (χ2n) is 6.45. The maximum absolute atomic E-state index is 12.3. The Kier molecular flexibility index (Phi) is 5.56. The quantitative estimate of drug-likeness (QED) is 0.815. The average Bonchev–Trinajstić information content (AvgIpc) is 3.25. The van der Waals surface area contributed by atoms with Gasteiger partial charge in [-0.25, -0.2) is 4.98 Å². The molecule has 5 nitrogen and oxygen atoms in total. The van der Waals surface area contributed by atoms with Crippen LogP contribution in [0.15, 0.2) is 29.4 Å². The summed E-state index contributed by atoms with van der Waals surface area (Å²) in [4.78, 5) is 18.6. The van der Waals surface area contributed by atoms with Crippen LogP contribution in [-0.2, 0) is 11.3 Å². The zero-order valence-corrected chi connectivity index (χ0v) is 15.1. The number of rotatable bonds is 6. The minimum Gasteiger partial charge on any atom is -0.341 e. The second-order valence-corrected chi connectivity index (χ2v) is 7.39. The number of thioether (sulfide) groups is 1. The number of nitrogens with one attached hydrogen (secondary N) is 1. The molecule has 1 amide bonds. The third-order valence-corrected chi connectivity index (χ3v) is 5.48. The SMILES string of the molecule is Cc1ccccc1CN(C)C(=O)CSc1n[nH]c(C2CCCC2)n1. The topological polar surface area (TPSA) is 61.9 Å². The first-order valence-electron chi connectivity index (χ1n) is 8.47. The summed E-state index contributed by atoms with van der Waals surface area (Å²) >= 11 is 1.41. The Bertz CT molecular complexity index is 694. The molecule has 1 aliphatic rings. The van der Waals surface area contributed by atoms with E-state index < -0.39 is 0 Å². The fraction of sp³-hybridized carbons (Fsp3) is 0.500. The maximum Gasteiger partial charge on any atom is 0.233 e. The fourth-order valence-corrected chi connectivity index (χ4v) is 3.82. The van der Waals surface area contributed by atoms with Crippen LogP contribution in [0.3, 0.4) is 0 Å². The Balaban J connectivity index is 1.50. The predicted octanol–water partition coefficient (Wildman–Crippen LogP) is 3.52. The van der Waals surface area contributed by atoms with Crippen LogP contribution in [0.5, 0.6) is 0 Å². The lowest BCUT2D eigenvalue weighted by molar-refractivity contribution is -0.127. The number of aryl methyl sites for hydroxylation is 1. The van der Waals surface area contributed by atoms with Gasteiger partial charge in [-0.3, -0.25) is 9.89 Å². The number of nitrogens with zero attached hydrogens (tertiary/aromatic N) is 3. The number of hydrogen-bond acceptors (Lipinski definition) is 4. The van der Waals surface area contributed by atoms with E-state index in [0.717, 1.165) is 5.82 Å². The summed E-state index contributed by atoms with van der Waals surface area (Å²) in [6.45, 7) is 2.70. The lowest BCUT2D eigenvalue weighted by Gasteiger charge is -2.18. The largest absolute Gasteiger partial charge is 0.341 e. The van der Waals surface area contributed by atoms with Crippen LogP contribution in [0.2, 0.25) is 0 Å². The number of aromatic nitrogens is 3. The Morgan fingerprint density at radius 3 is 2.83 bits per heavy atom. The third-order valence-electron chi connectivity index (χ3n) is 4.64. The molecular formula is C18H24N4OS. The Morgan fingerprint density at radius 2 is 2.08 bits per heavy atom. The Labute approximate surface area is 147 Å². The van der Waals surface area contributed by atoms with Crippen molar-refractivity contribution in [3.63, 3.8) is 0 Å². The number of carbonyl (C=O) groups is 1. The van der Waals surface area contributed by atoms with Gasteiger partial charge in [-0.2, -0.15) is 0 Å². The molecule has 128 valence electrons. The molecule has 0 atom stereocenters. The van der Waals surface area contributed by atoms with Crippen molar-refractivity contribution < 1.29 is 4.79 Å². The van der Waals surface area contributed by atoms with Gasteiger partial charge in [0.2, 0.25) is 11.1 Å². The van der Waals surface area contributed by atoms with E-state index in [4.69, 9.17) is 0 Å². The second kappa shape index (κ2) is 7.83. The summed E-state index contributed by atoms with van der Waals surface area (Å²) in [6, 6.07) is 8.16. The van der Waals surface area contributed by atoms with E-state index in [1.54, 1.807) is 4.90 Å². The minimum atomic E-state index is 0.0930. The van der Waals surface area contributed by atoms with Gasteiger partial charge in [0.15, 0.2) is 0 Å². The Morgan fingerprint density at radius 1 is 1.33 bits per heavy atom. The highest BCUT2D eigenvalue weighted by Crippen LogP contribution is 2.32. The van der Waals surface area contributed by atoms with E-state index in [0.29, 0.717) is 23.4 Å². The van der Waals surface area contributed by atoms with Gasteiger partial charge in [-0.05, 0) is 30.9 Å². The van der Waals surface area contributed by atoms with E-state index >= 15 is 0 Å². The van der Waals surface area contributed by atoms with Crippen molar-refractivity contribution in [1.82, 2.24) is 20.1 Å². The van der Waals surface area contributed by atoms with Gasteiger partial charge in [0.25, 0.3) is 0 Å². The molecule has 1 aliphatic carbocycles. The summed E-state index contributed by atoms with van der Waals surface area (Å²) in [5.41, 5.74) is 2.39. The molecule has 0 saturated heterocycles. The molecule has 1 fully saturated rings. The van der Waals surface area contributed by atoms with E-state index in [-0.39, 0.29) is 5.91 Å². The molecule has 1 saturated carbocycles. The smallest absolute Gasteiger partial charge is 0.233 e. The van der Waals surface area contributed by atoms with Crippen LogP contribution >= 0.6 is 11.8 Å². The highest BCUT2D eigenvalue weighted by atomic mass is 32.2. The van der Waals surface area contributed by atoms with Gasteiger partial charge in [-0.15, -0.1) is 5.10 Å². The van der Waals surface area contributed by atoms with E-state index in [1.807, 2.05) is 19.2 Å². The zero-order chi connectivity index (χ0) is 16.9. The molecule has 0 radical (unpaired) electrons. The molecule has 1 N–H and O–H groups in total. The summed E-state index contributed by atoms with van der Waals surface area (Å²) < 4.78 is 0. The number of benzene rings is 1. The van der Waals surface area contributed by atoms with Crippen molar-refractivity contribution in [2.45, 2.75) is 50.2 Å². The van der Waals surface area contributed by atoms with Crippen LogP contribution in [0.25, 0.3) is 0 Å². The van der Waals surface area contributed by atoms with Gasteiger partial charge in [0, 0.05) is 19.5 Å². The predicted molar refractivity (Wildman–Crippen MR) is 96.0 cm³/mol. The first kappa shape index (κ1) is 17.0. The average molecular weight is 344 g/mol. The molecule has 1 aromatic carbocycles. The lowest BCUT2D eigenvalue weighted by atomic mass is 10.1. The molecule has 0 unspecified atom stereocenters. The zero-order valence-electron chi connectivity index (χ0n) is 14.3. The molecule has 0 bridgehead atoms. The normalized spacial score (nSPS) is 14.9. The number of aromatic amines is 1. The van der Waals surface area contributed by atoms with Gasteiger partial charge in [0.05, 0.1) is 5.75 Å². The van der Waals surface area contributed by atoms with Crippen LogP contribution in [0, 0.1) is 6.92 Å². The molecule has 1 aromatic heterocycles. The monoisotopic (exact) mass is 344 g/mol. The van der Waals surface area contributed by atoms with Crippen molar-refractivity contribution in [2.75, 3.05) is 12.8 Å². The number of amides is 1. The molecule has 6 heteroatoms. The highest BCUT2D eigenvalue weighted by Gasteiger charge is 2.21. The van der Waals surface area contributed by atoms with Crippen LogP contribution < -0.4 is 0 Å². The molecular weight excluding hydrogens is 320 g/mol. The van der Waals surface area contributed by atoms with Crippen LogP contribution in [0.4, 0.5) is 0 Å². The summed E-state index contributed by atoms with van der Waals surface area (Å²) in [5, 5.41) is 7.96. The van der Waals surface area contributed by atoms with Crippen molar-refractivity contribution >= 4 is 17.7 Å². The number of hydrogen-bond donors (Lipinski definition) is 1. The van der Waals surface area contributed by atoms with Crippen molar-refractivity contribution in [3.8, 4) is 0 Å². The van der Waals surface area contributed by atoms with E-state index in [9.17, 15) is 4.79 Å². The van der Waals surface area contributed by atoms with Gasteiger partial charge >= 0.3 is 0 Å².